The van der Waals surface area contributed by atoms with Crippen LogP contribution in [0.5, 0.6) is 5.75 Å². The summed E-state index contributed by atoms with van der Waals surface area (Å²) in [5.41, 5.74) is 0.728. The molecular formula is C17H16ClNO3S. The molecule has 0 saturated heterocycles. The minimum Gasteiger partial charge on any atom is -0.492 e. The number of rotatable bonds is 5. The zero-order valence-corrected chi connectivity index (χ0v) is 14.1. The third-order valence-corrected chi connectivity index (χ3v) is 4.52. The predicted molar refractivity (Wildman–Crippen MR) is 91.1 cm³/mol. The van der Waals surface area contributed by atoms with E-state index in [2.05, 4.69) is 16.6 Å². The highest BCUT2D eigenvalue weighted by Crippen LogP contribution is 2.22. The number of para-hydroxylation sites is 1. The van der Waals surface area contributed by atoms with Gasteiger partial charge in [0.1, 0.15) is 10.6 Å². The number of hydrogen-bond donors (Lipinski definition) is 1. The molecule has 120 valence electrons. The number of ether oxygens (including phenoxy) is 1. The Kier molecular flexibility index (Phi) is 6.05. The molecule has 0 atom stereocenters. The van der Waals surface area contributed by atoms with Crippen LogP contribution in [0.25, 0.3) is 0 Å². The van der Waals surface area contributed by atoms with Gasteiger partial charge in [0, 0.05) is 10.6 Å². The quantitative estimate of drug-likeness (QED) is 0.844. The summed E-state index contributed by atoms with van der Waals surface area (Å²) in [4.78, 5) is 0.103. The molecule has 0 spiro atoms. The van der Waals surface area contributed by atoms with Gasteiger partial charge >= 0.3 is 0 Å². The number of halogens is 1. The first-order valence-corrected chi connectivity index (χ1v) is 8.85. The SMILES string of the molecule is CCOc1ccccc1S(=O)(=O)NCC#Cc1cccc(Cl)c1. The Morgan fingerprint density at radius 2 is 1.96 bits per heavy atom. The van der Waals surface area contributed by atoms with Crippen molar-refractivity contribution in [3.05, 3.63) is 59.1 Å². The molecule has 0 aliphatic rings. The van der Waals surface area contributed by atoms with Gasteiger partial charge in [0.2, 0.25) is 10.0 Å². The first-order chi connectivity index (χ1) is 11.0. The molecule has 0 amide bonds. The van der Waals surface area contributed by atoms with E-state index in [1.165, 1.54) is 6.07 Å². The van der Waals surface area contributed by atoms with E-state index in [1.807, 2.05) is 0 Å². The summed E-state index contributed by atoms with van der Waals surface area (Å²) in [5.74, 6) is 5.95. The molecule has 0 bridgehead atoms. The molecule has 0 unspecified atom stereocenters. The van der Waals surface area contributed by atoms with Crippen molar-refractivity contribution in [3.63, 3.8) is 0 Å². The third-order valence-electron chi connectivity index (χ3n) is 2.85. The Bertz CT molecular complexity index is 838. The van der Waals surface area contributed by atoms with Gasteiger partial charge in [-0.15, -0.1) is 0 Å². The highest BCUT2D eigenvalue weighted by atomic mass is 35.5. The van der Waals surface area contributed by atoms with Crippen LogP contribution in [0, 0.1) is 11.8 Å². The van der Waals surface area contributed by atoms with Crippen molar-refractivity contribution in [2.75, 3.05) is 13.2 Å². The van der Waals surface area contributed by atoms with Crippen LogP contribution in [0.3, 0.4) is 0 Å². The second kappa shape index (κ2) is 8.02. The molecule has 0 aliphatic carbocycles. The zero-order chi connectivity index (χ0) is 16.7. The second-order valence-electron chi connectivity index (χ2n) is 4.52. The van der Waals surface area contributed by atoms with E-state index in [-0.39, 0.29) is 11.4 Å². The van der Waals surface area contributed by atoms with Gasteiger partial charge in [-0.2, -0.15) is 4.72 Å². The van der Waals surface area contributed by atoms with Gasteiger partial charge in [0.05, 0.1) is 13.2 Å². The lowest BCUT2D eigenvalue weighted by Crippen LogP contribution is -2.24. The van der Waals surface area contributed by atoms with Crippen molar-refractivity contribution >= 4 is 21.6 Å². The molecule has 4 nitrogen and oxygen atoms in total. The molecule has 2 rings (SSSR count). The summed E-state index contributed by atoms with van der Waals surface area (Å²) in [6, 6.07) is 13.5. The average molecular weight is 350 g/mol. The Morgan fingerprint density at radius 3 is 2.70 bits per heavy atom. The minimum absolute atomic E-state index is 0.00466. The third kappa shape index (κ3) is 5.00. The van der Waals surface area contributed by atoms with Gasteiger partial charge in [-0.1, -0.05) is 41.6 Å². The van der Waals surface area contributed by atoms with Crippen LogP contribution in [0.4, 0.5) is 0 Å². The van der Waals surface area contributed by atoms with Crippen LogP contribution in [-0.4, -0.2) is 21.6 Å². The molecule has 2 aromatic carbocycles. The second-order valence-corrected chi connectivity index (χ2v) is 6.69. The maximum atomic E-state index is 12.3. The van der Waals surface area contributed by atoms with Gasteiger partial charge < -0.3 is 4.74 Å². The molecule has 0 aromatic heterocycles. The Labute approximate surface area is 141 Å². The van der Waals surface area contributed by atoms with Crippen LogP contribution in [-0.2, 0) is 10.0 Å². The highest BCUT2D eigenvalue weighted by molar-refractivity contribution is 7.89. The van der Waals surface area contributed by atoms with Crippen LogP contribution in [0.2, 0.25) is 5.02 Å². The van der Waals surface area contributed by atoms with Crippen molar-refractivity contribution < 1.29 is 13.2 Å². The van der Waals surface area contributed by atoms with Crippen LogP contribution in [0.1, 0.15) is 12.5 Å². The maximum absolute atomic E-state index is 12.3. The first kappa shape index (κ1) is 17.4. The average Bonchev–Trinajstić information content (AvgIpc) is 2.52. The molecule has 1 N–H and O–H groups in total. The maximum Gasteiger partial charge on any atom is 0.245 e. The highest BCUT2D eigenvalue weighted by Gasteiger charge is 2.17. The summed E-state index contributed by atoms with van der Waals surface area (Å²) in [7, 11) is -3.68. The number of hydrogen-bond acceptors (Lipinski definition) is 3. The lowest BCUT2D eigenvalue weighted by atomic mass is 10.2. The van der Waals surface area contributed by atoms with E-state index >= 15 is 0 Å². The summed E-state index contributed by atoms with van der Waals surface area (Å²) in [5, 5.41) is 0.586. The fourth-order valence-corrected chi connectivity index (χ4v) is 3.13. The minimum atomic E-state index is -3.68. The van der Waals surface area contributed by atoms with Gasteiger partial charge in [0.25, 0.3) is 0 Å². The number of nitrogens with one attached hydrogen (secondary N) is 1. The Balaban J connectivity index is 2.08. The summed E-state index contributed by atoms with van der Waals surface area (Å²) < 4.78 is 32.4. The van der Waals surface area contributed by atoms with Crippen molar-refractivity contribution in [1.29, 1.82) is 0 Å². The van der Waals surface area contributed by atoms with Crippen molar-refractivity contribution in [1.82, 2.24) is 4.72 Å². The molecule has 0 heterocycles. The van der Waals surface area contributed by atoms with E-state index < -0.39 is 10.0 Å². The lowest BCUT2D eigenvalue weighted by Gasteiger charge is -2.10. The van der Waals surface area contributed by atoms with Crippen molar-refractivity contribution in [2.24, 2.45) is 0 Å². The molecular weight excluding hydrogens is 334 g/mol. The van der Waals surface area contributed by atoms with E-state index in [1.54, 1.807) is 49.4 Å². The largest absolute Gasteiger partial charge is 0.492 e. The van der Waals surface area contributed by atoms with Gasteiger partial charge in [-0.3, -0.25) is 0 Å². The van der Waals surface area contributed by atoms with Crippen LogP contribution < -0.4 is 9.46 Å². The van der Waals surface area contributed by atoms with Crippen molar-refractivity contribution in [2.45, 2.75) is 11.8 Å². The van der Waals surface area contributed by atoms with E-state index in [9.17, 15) is 8.42 Å². The Morgan fingerprint density at radius 1 is 1.17 bits per heavy atom. The number of benzene rings is 2. The van der Waals surface area contributed by atoms with Gasteiger partial charge in [0.15, 0.2) is 0 Å². The van der Waals surface area contributed by atoms with E-state index in [0.29, 0.717) is 17.4 Å². The fourth-order valence-electron chi connectivity index (χ4n) is 1.87. The first-order valence-electron chi connectivity index (χ1n) is 6.99. The normalized spacial score (nSPS) is 10.7. The monoisotopic (exact) mass is 349 g/mol. The lowest BCUT2D eigenvalue weighted by molar-refractivity contribution is 0.331. The molecule has 2 aromatic rings. The van der Waals surface area contributed by atoms with Crippen LogP contribution >= 0.6 is 11.6 Å². The standard InChI is InChI=1S/C17H16ClNO3S/c1-2-22-16-10-3-4-11-17(16)23(20,21)19-12-6-8-14-7-5-9-15(18)13-14/h3-5,7,9-11,13,19H,2,12H2,1H3. The van der Waals surface area contributed by atoms with Crippen LogP contribution in [0.15, 0.2) is 53.4 Å². The van der Waals surface area contributed by atoms with Gasteiger partial charge in [-0.05, 0) is 37.3 Å². The molecule has 0 saturated carbocycles. The Hall–Kier alpha value is -2.00. The molecule has 0 aliphatic heterocycles. The zero-order valence-electron chi connectivity index (χ0n) is 12.5. The van der Waals surface area contributed by atoms with E-state index in [0.717, 1.165) is 5.56 Å². The topological polar surface area (TPSA) is 55.4 Å². The molecule has 0 radical (unpaired) electrons. The molecule has 0 fully saturated rings. The van der Waals surface area contributed by atoms with E-state index in [4.69, 9.17) is 16.3 Å². The summed E-state index contributed by atoms with van der Waals surface area (Å²) >= 11 is 5.86. The smallest absolute Gasteiger partial charge is 0.245 e. The molecule has 6 heteroatoms. The number of sulfonamides is 1. The van der Waals surface area contributed by atoms with Gasteiger partial charge in [-0.25, -0.2) is 8.42 Å². The molecule has 23 heavy (non-hydrogen) atoms. The fraction of sp³-hybridized carbons (Fsp3) is 0.176. The summed E-state index contributed by atoms with van der Waals surface area (Å²) in [6.07, 6.45) is 0. The van der Waals surface area contributed by atoms with Crippen molar-refractivity contribution in [3.8, 4) is 17.6 Å². The predicted octanol–water partition coefficient (Wildman–Crippen LogP) is 3.07. The summed E-state index contributed by atoms with van der Waals surface area (Å²) in [6.45, 7) is 2.18.